The number of carbonyl (C=O) groups is 1. The summed E-state index contributed by atoms with van der Waals surface area (Å²) in [5.41, 5.74) is 10.6. The van der Waals surface area contributed by atoms with Gasteiger partial charge in [0.2, 0.25) is 5.95 Å². The quantitative estimate of drug-likeness (QED) is 0.402. The molecule has 0 aliphatic heterocycles. The van der Waals surface area contributed by atoms with Crippen molar-refractivity contribution in [2.75, 3.05) is 11.5 Å². The predicted octanol–water partition coefficient (Wildman–Crippen LogP) is 4.48. The molecule has 150 valence electrons. The number of hydrogen-bond acceptors (Lipinski definition) is 5. The molecule has 0 radical (unpaired) electrons. The van der Waals surface area contributed by atoms with Crippen LogP contribution >= 0.6 is 11.8 Å². The minimum atomic E-state index is 0.144. The summed E-state index contributed by atoms with van der Waals surface area (Å²) in [6, 6.07) is 2.44. The van der Waals surface area contributed by atoms with Crippen molar-refractivity contribution >= 4 is 23.5 Å². The summed E-state index contributed by atoms with van der Waals surface area (Å²) in [6.07, 6.45) is 10.8. The second kappa shape index (κ2) is 8.15. The van der Waals surface area contributed by atoms with E-state index in [1.54, 1.807) is 5.57 Å². The second-order valence-electron chi connectivity index (χ2n) is 7.95. The van der Waals surface area contributed by atoms with Crippen LogP contribution in [0.4, 0.5) is 5.95 Å². The van der Waals surface area contributed by atoms with Crippen LogP contribution in [0.25, 0.3) is 0 Å². The molecule has 1 fully saturated rings. The van der Waals surface area contributed by atoms with E-state index in [9.17, 15) is 4.79 Å². The first kappa shape index (κ1) is 19.3. The maximum Gasteiger partial charge on any atom is 0.222 e. The zero-order valence-corrected chi connectivity index (χ0v) is 17.6. The summed E-state index contributed by atoms with van der Waals surface area (Å²) < 4.78 is 4.26. The lowest BCUT2D eigenvalue weighted by Gasteiger charge is -2.15. The Labute approximate surface area is 170 Å². The van der Waals surface area contributed by atoms with E-state index < -0.39 is 0 Å². The van der Waals surface area contributed by atoms with Gasteiger partial charge in [0.25, 0.3) is 0 Å². The van der Waals surface area contributed by atoms with Crippen LogP contribution in [0, 0.1) is 13.8 Å². The van der Waals surface area contributed by atoms with Gasteiger partial charge in [0.15, 0.2) is 10.9 Å². The number of nitrogens with two attached hydrogens (primary N) is 1. The maximum atomic E-state index is 12.9. The summed E-state index contributed by atoms with van der Waals surface area (Å²) in [5.74, 6) is 0.957. The van der Waals surface area contributed by atoms with Crippen molar-refractivity contribution < 1.29 is 4.79 Å². The van der Waals surface area contributed by atoms with Crippen molar-refractivity contribution in [3.63, 3.8) is 0 Å². The zero-order chi connectivity index (χ0) is 19.7. The van der Waals surface area contributed by atoms with Crippen LogP contribution in [0.2, 0.25) is 0 Å². The van der Waals surface area contributed by atoms with E-state index in [1.165, 1.54) is 37.4 Å². The molecule has 2 aromatic heterocycles. The van der Waals surface area contributed by atoms with E-state index in [2.05, 4.69) is 34.7 Å². The van der Waals surface area contributed by atoms with Gasteiger partial charge in [-0.05, 0) is 64.9 Å². The van der Waals surface area contributed by atoms with Crippen LogP contribution in [0.1, 0.15) is 72.7 Å². The molecule has 0 aromatic carbocycles. The molecule has 2 aliphatic rings. The third-order valence-electron chi connectivity index (χ3n) is 5.85. The van der Waals surface area contributed by atoms with Gasteiger partial charge in [-0.2, -0.15) is 0 Å². The SMILES string of the molecule is Cc1cc(C(=O)CSc2nnc(N)n2C2CC2)c(C)n1CCC1=CCCCC1. The lowest BCUT2D eigenvalue weighted by Crippen LogP contribution is -2.09. The molecule has 28 heavy (non-hydrogen) atoms. The van der Waals surface area contributed by atoms with Gasteiger partial charge >= 0.3 is 0 Å². The Morgan fingerprint density at radius 3 is 2.82 bits per heavy atom. The number of Topliss-reactive ketones (excluding diaryl/α,β-unsaturated/α-hetero) is 1. The molecule has 0 amide bonds. The molecular formula is C21H29N5OS. The first-order valence-electron chi connectivity index (χ1n) is 10.3. The number of thioether (sulfide) groups is 1. The Kier molecular flexibility index (Phi) is 5.62. The number of nitrogens with zero attached hydrogens (tertiary/aromatic N) is 4. The Balaban J connectivity index is 1.41. The number of hydrogen-bond donors (Lipinski definition) is 1. The van der Waals surface area contributed by atoms with Crippen molar-refractivity contribution in [3.05, 3.63) is 34.7 Å². The first-order chi connectivity index (χ1) is 13.5. The van der Waals surface area contributed by atoms with E-state index in [0.717, 1.165) is 47.9 Å². The minimum Gasteiger partial charge on any atom is -0.368 e. The topological polar surface area (TPSA) is 78.7 Å². The number of allylic oxidation sites excluding steroid dienone is 2. The molecule has 6 nitrogen and oxygen atoms in total. The van der Waals surface area contributed by atoms with Crippen molar-refractivity contribution in [2.45, 2.75) is 76.5 Å². The molecule has 4 rings (SSSR count). The molecule has 0 atom stereocenters. The van der Waals surface area contributed by atoms with Crippen LogP contribution < -0.4 is 5.73 Å². The van der Waals surface area contributed by atoms with E-state index in [4.69, 9.17) is 5.73 Å². The number of ketones is 1. The highest BCUT2D eigenvalue weighted by atomic mass is 32.2. The average Bonchev–Trinajstić information content (AvgIpc) is 3.40. The number of rotatable bonds is 8. The summed E-state index contributed by atoms with van der Waals surface area (Å²) >= 11 is 1.44. The van der Waals surface area contributed by atoms with Crippen molar-refractivity contribution in [1.82, 2.24) is 19.3 Å². The highest BCUT2D eigenvalue weighted by Crippen LogP contribution is 2.39. The number of nitrogen functional groups attached to an aromatic ring is 1. The zero-order valence-electron chi connectivity index (χ0n) is 16.8. The van der Waals surface area contributed by atoms with Gasteiger partial charge < -0.3 is 10.3 Å². The molecule has 7 heteroatoms. The van der Waals surface area contributed by atoms with Crippen LogP contribution in [-0.2, 0) is 6.54 Å². The Morgan fingerprint density at radius 1 is 1.29 bits per heavy atom. The molecule has 2 N–H and O–H groups in total. The standard InChI is InChI=1S/C21H29N5OS/c1-14-12-18(15(2)25(14)11-10-16-6-4-3-5-7-16)19(27)13-28-21-24-23-20(22)26(21)17-8-9-17/h6,12,17H,3-5,7-11,13H2,1-2H3,(H2,22,23). The smallest absolute Gasteiger partial charge is 0.222 e. The van der Waals surface area contributed by atoms with E-state index in [0.29, 0.717) is 17.7 Å². The fourth-order valence-corrected chi connectivity index (χ4v) is 4.98. The number of aromatic nitrogens is 4. The van der Waals surface area contributed by atoms with Crippen LogP contribution in [0.15, 0.2) is 22.9 Å². The highest BCUT2D eigenvalue weighted by Gasteiger charge is 2.29. The molecule has 1 saturated carbocycles. The molecule has 0 unspecified atom stereocenters. The van der Waals surface area contributed by atoms with Gasteiger partial charge in [-0.15, -0.1) is 10.2 Å². The number of anilines is 1. The molecule has 0 bridgehead atoms. The Morgan fingerprint density at radius 2 is 2.11 bits per heavy atom. The third-order valence-corrected chi connectivity index (χ3v) is 6.79. The summed E-state index contributed by atoms with van der Waals surface area (Å²) in [5, 5.41) is 8.89. The Bertz CT molecular complexity index is 906. The van der Waals surface area contributed by atoms with E-state index in [-0.39, 0.29) is 5.78 Å². The van der Waals surface area contributed by atoms with Crippen LogP contribution in [0.3, 0.4) is 0 Å². The first-order valence-corrected chi connectivity index (χ1v) is 11.2. The Hall–Kier alpha value is -2.02. The highest BCUT2D eigenvalue weighted by molar-refractivity contribution is 7.99. The van der Waals surface area contributed by atoms with Gasteiger partial charge in [0.1, 0.15) is 0 Å². The fraction of sp³-hybridized carbons (Fsp3) is 0.571. The molecule has 0 spiro atoms. The fourth-order valence-electron chi connectivity index (χ4n) is 4.09. The summed E-state index contributed by atoms with van der Waals surface area (Å²) in [6.45, 7) is 5.11. The molecular weight excluding hydrogens is 370 g/mol. The van der Waals surface area contributed by atoms with E-state index in [1.807, 2.05) is 10.6 Å². The van der Waals surface area contributed by atoms with Gasteiger partial charge in [-0.1, -0.05) is 23.4 Å². The average molecular weight is 400 g/mol. The monoisotopic (exact) mass is 399 g/mol. The third kappa shape index (κ3) is 4.04. The van der Waals surface area contributed by atoms with Gasteiger partial charge in [0.05, 0.1) is 5.75 Å². The number of carbonyl (C=O) groups excluding carboxylic acids is 1. The summed E-state index contributed by atoms with van der Waals surface area (Å²) in [7, 11) is 0. The van der Waals surface area contributed by atoms with Crippen molar-refractivity contribution in [1.29, 1.82) is 0 Å². The summed E-state index contributed by atoms with van der Waals surface area (Å²) in [4.78, 5) is 12.9. The lowest BCUT2D eigenvalue weighted by atomic mass is 9.97. The molecule has 2 aromatic rings. The normalized spacial score (nSPS) is 17.0. The molecule has 0 saturated heterocycles. The molecule has 2 aliphatic carbocycles. The van der Waals surface area contributed by atoms with Gasteiger partial charge in [-0.3, -0.25) is 9.36 Å². The van der Waals surface area contributed by atoms with Crippen LogP contribution in [-0.4, -0.2) is 30.9 Å². The maximum absolute atomic E-state index is 12.9. The van der Waals surface area contributed by atoms with Gasteiger partial charge in [0, 0.05) is 29.5 Å². The lowest BCUT2D eigenvalue weighted by molar-refractivity contribution is 0.102. The van der Waals surface area contributed by atoms with Crippen molar-refractivity contribution in [3.8, 4) is 0 Å². The number of aryl methyl sites for hydroxylation is 1. The van der Waals surface area contributed by atoms with E-state index >= 15 is 0 Å². The van der Waals surface area contributed by atoms with Crippen molar-refractivity contribution in [2.24, 2.45) is 0 Å². The van der Waals surface area contributed by atoms with Gasteiger partial charge in [-0.25, -0.2) is 0 Å². The largest absolute Gasteiger partial charge is 0.368 e. The molecule has 2 heterocycles. The minimum absolute atomic E-state index is 0.144. The predicted molar refractivity (Wildman–Crippen MR) is 113 cm³/mol. The van der Waals surface area contributed by atoms with Crippen LogP contribution in [0.5, 0.6) is 0 Å². The second-order valence-corrected chi connectivity index (χ2v) is 8.89.